The van der Waals surface area contributed by atoms with E-state index in [9.17, 15) is 14.0 Å². The fraction of sp³-hybridized carbons (Fsp3) is 0.0968. The zero-order chi connectivity index (χ0) is 25.5. The number of thiophene rings is 2. The van der Waals surface area contributed by atoms with Crippen LogP contribution in [-0.4, -0.2) is 11.6 Å². The summed E-state index contributed by atoms with van der Waals surface area (Å²) in [5.41, 5.74) is 4.76. The van der Waals surface area contributed by atoms with E-state index in [-0.39, 0.29) is 28.4 Å². The van der Waals surface area contributed by atoms with Gasteiger partial charge in [-0.3, -0.25) is 9.59 Å². The lowest BCUT2D eigenvalue weighted by atomic mass is 9.73. The molecule has 0 radical (unpaired) electrons. The molecule has 0 N–H and O–H groups in total. The molecule has 2 aliphatic rings. The summed E-state index contributed by atoms with van der Waals surface area (Å²) in [6, 6.07) is 22.7. The summed E-state index contributed by atoms with van der Waals surface area (Å²) in [6.45, 7) is 4.23. The zero-order valence-electron chi connectivity index (χ0n) is 20.0. The normalized spacial score (nSPS) is 16.8. The van der Waals surface area contributed by atoms with Crippen LogP contribution in [0.2, 0.25) is 0 Å². The molecule has 3 nitrogen and oxygen atoms in total. The van der Waals surface area contributed by atoms with Crippen molar-refractivity contribution in [1.82, 2.24) is 0 Å². The van der Waals surface area contributed by atoms with Crippen LogP contribution < -0.4 is 4.90 Å². The Bertz CT molecular complexity index is 1770. The van der Waals surface area contributed by atoms with Gasteiger partial charge in [-0.25, -0.2) is 4.39 Å². The number of benzene rings is 3. The predicted octanol–water partition coefficient (Wildman–Crippen LogP) is 8.67. The molecule has 0 fully saturated rings. The Kier molecular flexibility index (Phi) is 4.72. The van der Waals surface area contributed by atoms with Gasteiger partial charge in [-0.15, -0.1) is 22.7 Å². The molecule has 3 aromatic carbocycles. The molecule has 5 aromatic rings. The number of Topliss-reactive ketones (excluding diaryl/α,β-unsaturated/α-hetero) is 2. The van der Waals surface area contributed by atoms with E-state index in [0.29, 0.717) is 11.1 Å². The monoisotopic (exact) mass is 521 g/mol. The largest absolute Gasteiger partial charge is 0.301 e. The minimum absolute atomic E-state index is 0.198. The topological polar surface area (TPSA) is 37.4 Å². The maximum atomic E-state index is 14.3. The van der Waals surface area contributed by atoms with Crippen molar-refractivity contribution in [1.29, 1.82) is 0 Å². The van der Waals surface area contributed by atoms with E-state index in [0.717, 1.165) is 42.5 Å². The van der Waals surface area contributed by atoms with Crippen molar-refractivity contribution in [2.45, 2.75) is 19.3 Å². The molecule has 180 valence electrons. The molecule has 0 unspecified atom stereocenters. The second kappa shape index (κ2) is 7.81. The van der Waals surface area contributed by atoms with Crippen LogP contribution >= 0.6 is 22.7 Å². The summed E-state index contributed by atoms with van der Waals surface area (Å²) in [6.07, 6.45) is 1.71. The molecule has 6 heteroatoms. The molecule has 0 spiro atoms. The van der Waals surface area contributed by atoms with Crippen LogP contribution in [0, 0.1) is 5.82 Å². The molecule has 0 saturated heterocycles. The van der Waals surface area contributed by atoms with Crippen LogP contribution in [0.4, 0.5) is 20.8 Å². The molecule has 0 atom stereocenters. The first kappa shape index (κ1) is 22.3. The van der Waals surface area contributed by atoms with Crippen LogP contribution in [0.15, 0.2) is 83.7 Å². The number of anilines is 3. The second-order valence-electron chi connectivity index (χ2n) is 9.89. The summed E-state index contributed by atoms with van der Waals surface area (Å²) >= 11 is 3.06. The average molecular weight is 522 g/mol. The number of halogens is 1. The number of ketones is 2. The van der Waals surface area contributed by atoms with Gasteiger partial charge in [0.1, 0.15) is 10.8 Å². The maximum Gasteiger partial charge on any atom is 0.197 e. The molecule has 0 saturated carbocycles. The number of rotatable bonds is 2. The molecule has 0 bridgehead atoms. The highest BCUT2D eigenvalue weighted by molar-refractivity contribution is 7.17. The number of allylic oxidation sites excluding steroid dienone is 1. The van der Waals surface area contributed by atoms with Gasteiger partial charge < -0.3 is 4.90 Å². The van der Waals surface area contributed by atoms with Crippen LogP contribution in [0.1, 0.15) is 50.6 Å². The van der Waals surface area contributed by atoms with E-state index < -0.39 is 0 Å². The Morgan fingerprint density at radius 1 is 0.838 bits per heavy atom. The quantitative estimate of drug-likeness (QED) is 0.172. The van der Waals surface area contributed by atoms with Crippen molar-refractivity contribution in [3.05, 3.63) is 117 Å². The van der Waals surface area contributed by atoms with Gasteiger partial charge in [0.05, 0.1) is 16.9 Å². The standard InChI is InChI=1S/C31H20FNO2S2/c1-31(2)23-5-3-4-6-25(23)33(26-9-7-18(32)14-24(26)31)28-10-8-19(37-28)15-22-29(34)20-13-17-11-12-36-27(17)16-21(20)30(22)35/h3-16H,1-2H3/b22-15-. The van der Waals surface area contributed by atoms with Crippen LogP contribution in [-0.2, 0) is 5.41 Å². The van der Waals surface area contributed by atoms with Crippen molar-refractivity contribution in [3.63, 3.8) is 0 Å². The lowest BCUT2D eigenvalue weighted by Crippen LogP contribution is -2.30. The molecule has 1 aliphatic carbocycles. The molecule has 0 amide bonds. The minimum atomic E-state index is -0.366. The van der Waals surface area contributed by atoms with Gasteiger partial charge in [0.25, 0.3) is 0 Å². The van der Waals surface area contributed by atoms with Crippen LogP contribution in [0.3, 0.4) is 0 Å². The number of fused-ring (bicyclic) bond motifs is 4. The average Bonchev–Trinajstić information content (AvgIpc) is 3.60. The summed E-state index contributed by atoms with van der Waals surface area (Å²) in [5.74, 6) is -0.717. The van der Waals surface area contributed by atoms with Crippen molar-refractivity contribution in [2.24, 2.45) is 0 Å². The zero-order valence-corrected chi connectivity index (χ0v) is 21.7. The molecule has 1 aliphatic heterocycles. The number of para-hydroxylation sites is 1. The highest BCUT2D eigenvalue weighted by Gasteiger charge is 2.38. The lowest BCUT2D eigenvalue weighted by Gasteiger charge is -2.41. The van der Waals surface area contributed by atoms with E-state index >= 15 is 0 Å². The van der Waals surface area contributed by atoms with Gasteiger partial charge in [0.15, 0.2) is 11.6 Å². The van der Waals surface area contributed by atoms with Gasteiger partial charge in [-0.2, -0.15) is 0 Å². The first-order valence-electron chi connectivity index (χ1n) is 11.9. The molecule has 3 heterocycles. The predicted molar refractivity (Wildman–Crippen MR) is 150 cm³/mol. The third-order valence-corrected chi connectivity index (χ3v) is 9.28. The van der Waals surface area contributed by atoms with E-state index in [4.69, 9.17) is 0 Å². The third-order valence-electron chi connectivity index (χ3n) is 7.38. The maximum absolute atomic E-state index is 14.3. The third kappa shape index (κ3) is 3.22. The van der Waals surface area contributed by atoms with Crippen molar-refractivity contribution < 1.29 is 14.0 Å². The Morgan fingerprint density at radius 3 is 2.43 bits per heavy atom. The molecule has 37 heavy (non-hydrogen) atoms. The summed E-state index contributed by atoms with van der Waals surface area (Å²) in [7, 11) is 0. The molecular formula is C31H20FNO2S2. The second-order valence-corrected chi connectivity index (χ2v) is 11.9. The van der Waals surface area contributed by atoms with E-state index in [2.05, 4.69) is 30.9 Å². The van der Waals surface area contributed by atoms with Crippen LogP contribution in [0.5, 0.6) is 0 Å². The SMILES string of the molecule is CC1(C)c2ccccc2N(c2ccc(/C=C3/C(=O)c4cc5ccsc5cc4C3=O)s2)c2ccc(F)cc21. The van der Waals surface area contributed by atoms with Gasteiger partial charge in [0.2, 0.25) is 0 Å². The van der Waals surface area contributed by atoms with E-state index in [1.165, 1.54) is 17.4 Å². The Labute approximate surface area is 221 Å². The highest BCUT2D eigenvalue weighted by atomic mass is 32.1. The van der Waals surface area contributed by atoms with Crippen LogP contribution in [0.25, 0.3) is 16.2 Å². The van der Waals surface area contributed by atoms with E-state index in [1.54, 1.807) is 23.5 Å². The lowest BCUT2D eigenvalue weighted by molar-refractivity contribution is 0.0990. The number of hydrogen-bond donors (Lipinski definition) is 0. The summed E-state index contributed by atoms with van der Waals surface area (Å²) in [4.78, 5) is 29.3. The van der Waals surface area contributed by atoms with E-state index in [1.807, 2.05) is 53.9 Å². The highest BCUT2D eigenvalue weighted by Crippen LogP contribution is 2.53. The Morgan fingerprint density at radius 2 is 1.59 bits per heavy atom. The molecule has 7 rings (SSSR count). The van der Waals surface area contributed by atoms with Crippen molar-refractivity contribution in [3.8, 4) is 0 Å². The van der Waals surface area contributed by atoms with Gasteiger partial charge >= 0.3 is 0 Å². The minimum Gasteiger partial charge on any atom is -0.301 e. The van der Waals surface area contributed by atoms with Crippen molar-refractivity contribution in [2.75, 3.05) is 4.90 Å². The molecule has 2 aromatic heterocycles. The van der Waals surface area contributed by atoms with Gasteiger partial charge in [-0.1, -0.05) is 32.0 Å². The number of carbonyl (C=O) groups excluding carboxylic acids is 2. The Hall–Kier alpha value is -3.87. The first-order chi connectivity index (χ1) is 17.8. The van der Waals surface area contributed by atoms with Crippen molar-refractivity contribution >= 4 is 66.8 Å². The van der Waals surface area contributed by atoms with Gasteiger partial charge in [-0.05, 0) is 82.6 Å². The number of hydrogen-bond acceptors (Lipinski definition) is 5. The Balaban J connectivity index is 1.32. The van der Waals surface area contributed by atoms with Gasteiger partial charge in [0, 0.05) is 26.1 Å². The summed E-state index contributed by atoms with van der Waals surface area (Å²) in [5, 5.41) is 3.87. The first-order valence-corrected chi connectivity index (χ1v) is 13.6. The fourth-order valence-electron chi connectivity index (χ4n) is 5.51. The molecular weight excluding hydrogens is 501 g/mol. The fourth-order valence-corrected chi connectivity index (χ4v) is 7.29. The number of carbonyl (C=O) groups is 2. The smallest absolute Gasteiger partial charge is 0.197 e. The summed E-state index contributed by atoms with van der Waals surface area (Å²) < 4.78 is 15.3. The number of nitrogens with zero attached hydrogens (tertiary/aromatic N) is 1.